The Morgan fingerprint density at radius 1 is 0.328 bits per heavy atom. The Morgan fingerprint density at radius 3 is 1.72 bits per heavy atom. The average Bonchev–Trinajstić information content (AvgIpc) is 3.87. The molecule has 2 aromatic heterocycles. The van der Waals surface area contributed by atoms with Crippen LogP contribution < -0.4 is 4.90 Å². The van der Waals surface area contributed by atoms with Gasteiger partial charge in [0.25, 0.3) is 0 Å². The number of hydrogen-bond donors (Lipinski definition) is 0. The number of rotatable bonds is 7. The second-order valence-corrected chi connectivity index (χ2v) is 16.8. The Kier molecular flexibility index (Phi) is 8.39. The molecule has 0 radical (unpaired) electrons. The third kappa shape index (κ3) is 5.93. The molecule has 0 aliphatic heterocycles. The first-order valence-electron chi connectivity index (χ1n) is 20.8. The molecule has 0 N–H and O–H groups in total. The number of fused-ring (bicyclic) bond motifs is 7. The summed E-state index contributed by atoms with van der Waals surface area (Å²) in [5.41, 5.74) is 14.1. The summed E-state index contributed by atoms with van der Waals surface area (Å²) in [5.74, 6) is 0. The lowest BCUT2D eigenvalue weighted by Gasteiger charge is -2.28. The summed E-state index contributed by atoms with van der Waals surface area (Å²) in [6.07, 6.45) is 0. The summed E-state index contributed by atoms with van der Waals surface area (Å²) in [6, 6.07) is 84.2. The van der Waals surface area contributed by atoms with Crippen LogP contribution in [0, 0.1) is 0 Å². The molecule has 0 unspecified atom stereocenters. The van der Waals surface area contributed by atoms with Crippen molar-refractivity contribution in [2.75, 3.05) is 4.90 Å². The molecule has 61 heavy (non-hydrogen) atoms. The molecule has 0 aliphatic rings. The smallest absolute Gasteiger partial charge is 0.0541 e. The third-order valence-electron chi connectivity index (χ3n) is 12.2. The van der Waals surface area contributed by atoms with Gasteiger partial charge >= 0.3 is 0 Å². The Morgan fingerprint density at radius 2 is 0.902 bits per heavy atom. The molecular weight excluding hydrogens is 757 g/mol. The highest BCUT2D eigenvalue weighted by Crippen LogP contribution is 2.45. The van der Waals surface area contributed by atoms with Crippen LogP contribution in [0.1, 0.15) is 0 Å². The standard InChI is InChI=1S/C58H38N2S/c1-2-19-45-40(15-1)16-14-25-47(45)48-21-4-9-27-54(48)59(44-35-36-58-52(38-44)51-24-7-12-30-57(51)61-58)43-33-31-39(32-34-43)41-17-13-18-42(37-41)46-20-3-8-26-53(46)60-55-28-10-5-22-49(55)50-23-6-11-29-56(50)60/h1-38H. The highest BCUT2D eigenvalue weighted by molar-refractivity contribution is 7.25. The van der Waals surface area contributed by atoms with Crippen molar-refractivity contribution < 1.29 is 0 Å². The van der Waals surface area contributed by atoms with Crippen LogP contribution in [0.15, 0.2) is 231 Å². The van der Waals surface area contributed by atoms with Crippen LogP contribution in [0.4, 0.5) is 17.1 Å². The first-order chi connectivity index (χ1) is 30.3. The van der Waals surface area contributed by atoms with Crippen molar-refractivity contribution in [1.29, 1.82) is 0 Å². The number of benzene rings is 10. The van der Waals surface area contributed by atoms with Crippen molar-refractivity contribution in [1.82, 2.24) is 4.57 Å². The highest BCUT2D eigenvalue weighted by Gasteiger charge is 2.20. The van der Waals surface area contributed by atoms with Gasteiger partial charge in [0.15, 0.2) is 0 Å². The third-order valence-corrected chi connectivity index (χ3v) is 13.4. The van der Waals surface area contributed by atoms with E-state index in [1.54, 1.807) is 0 Å². The molecule has 2 nitrogen and oxygen atoms in total. The number of para-hydroxylation sites is 4. The fourth-order valence-corrected chi connectivity index (χ4v) is 10.5. The number of aromatic nitrogens is 1. The molecule has 2 heterocycles. The number of nitrogens with zero attached hydrogens (tertiary/aromatic N) is 2. The molecule has 0 aliphatic carbocycles. The maximum atomic E-state index is 2.44. The molecule has 0 amide bonds. The van der Waals surface area contributed by atoms with Gasteiger partial charge in [0, 0.05) is 53.4 Å². The zero-order valence-corrected chi connectivity index (χ0v) is 34.1. The van der Waals surface area contributed by atoms with E-state index in [-0.39, 0.29) is 0 Å². The second kappa shape index (κ2) is 14.5. The Bertz CT molecular complexity index is 3550. The van der Waals surface area contributed by atoms with Gasteiger partial charge in [-0.05, 0) is 99.8 Å². The monoisotopic (exact) mass is 794 g/mol. The zero-order valence-electron chi connectivity index (χ0n) is 33.2. The van der Waals surface area contributed by atoms with E-state index < -0.39 is 0 Å². The van der Waals surface area contributed by atoms with Gasteiger partial charge in [-0.3, -0.25) is 0 Å². The molecule has 0 bridgehead atoms. The van der Waals surface area contributed by atoms with Crippen molar-refractivity contribution in [2.24, 2.45) is 0 Å². The number of thiophene rings is 1. The maximum Gasteiger partial charge on any atom is 0.0541 e. The number of anilines is 3. The SMILES string of the molecule is c1cc(-c2ccc(N(c3ccc4sc5ccccc5c4c3)c3ccccc3-c3cccc4ccccc34)cc2)cc(-c2ccccc2-n2c3ccccc3c3ccccc32)c1. The van der Waals surface area contributed by atoms with Gasteiger partial charge in [0.1, 0.15) is 0 Å². The van der Waals surface area contributed by atoms with Gasteiger partial charge in [-0.25, -0.2) is 0 Å². The fraction of sp³-hybridized carbons (Fsp3) is 0. The van der Waals surface area contributed by atoms with E-state index in [0.29, 0.717) is 0 Å². The molecular formula is C58H38N2S. The predicted molar refractivity (Wildman–Crippen MR) is 262 cm³/mol. The van der Waals surface area contributed by atoms with Crippen LogP contribution in [-0.2, 0) is 0 Å². The largest absolute Gasteiger partial charge is 0.310 e. The van der Waals surface area contributed by atoms with Gasteiger partial charge in [0.2, 0.25) is 0 Å². The topological polar surface area (TPSA) is 8.17 Å². The molecule has 12 rings (SSSR count). The van der Waals surface area contributed by atoms with Gasteiger partial charge in [-0.15, -0.1) is 11.3 Å². The summed E-state index contributed by atoms with van der Waals surface area (Å²) in [6.45, 7) is 0. The fourth-order valence-electron chi connectivity index (χ4n) is 9.40. The highest BCUT2D eigenvalue weighted by atomic mass is 32.1. The summed E-state index contributed by atoms with van der Waals surface area (Å²) >= 11 is 1.85. The van der Waals surface area contributed by atoms with Gasteiger partial charge in [0.05, 0.1) is 22.4 Å². The molecule has 0 fully saturated rings. The average molecular weight is 795 g/mol. The molecule has 0 spiro atoms. The summed E-state index contributed by atoms with van der Waals surface area (Å²) < 4.78 is 5.02. The molecule has 10 aromatic carbocycles. The lowest BCUT2D eigenvalue weighted by atomic mass is 9.95. The molecule has 0 saturated heterocycles. The van der Waals surface area contributed by atoms with E-state index in [1.807, 2.05) is 11.3 Å². The van der Waals surface area contributed by atoms with Crippen LogP contribution in [0.3, 0.4) is 0 Å². The van der Waals surface area contributed by atoms with E-state index in [4.69, 9.17) is 0 Å². The van der Waals surface area contributed by atoms with Crippen molar-refractivity contribution in [3.63, 3.8) is 0 Å². The minimum absolute atomic E-state index is 1.10. The van der Waals surface area contributed by atoms with Crippen LogP contribution >= 0.6 is 11.3 Å². The lowest BCUT2D eigenvalue weighted by molar-refractivity contribution is 1.18. The molecule has 3 heteroatoms. The second-order valence-electron chi connectivity index (χ2n) is 15.7. The first-order valence-corrected chi connectivity index (χ1v) is 21.7. The molecule has 12 aromatic rings. The zero-order chi connectivity index (χ0) is 40.3. The van der Waals surface area contributed by atoms with Crippen LogP contribution in [0.25, 0.3) is 91.8 Å². The minimum Gasteiger partial charge on any atom is -0.310 e. The predicted octanol–water partition coefficient (Wildman–Crippen LogP) is 16.8. The van der Waals surface area contributed by atoms with Crippen molar-refractivity contribution >= 4 is 81.1 Å². The van der Waals surface area contributed by atoms with E-state index in [2.05, 4.69) is 240 Å². The van der Waals surface area contributed by atoms with Crippen molar-refractivity contribution in [3.8, 4) is 39.1 Å². The van der Waals surface area contributed by atoms with Crippen molar-refractivity contribution in [2.45, 2.75) is 0 Å². The Labute approximate surface area is 358 Å². The number of hydrogen-bond acceptors (Lipinski definition) is 2. The maximum absolute atomic E-state index is 2.44. The summed E-state index contributed by atoms with van der Waals surface area (Å²) in [5, 5.41) is 7.57. The van der Waals surface area contributed by atoms with E-state index in [9.17, 15) is 0 Å². The Hall–Kier alpha value is -7.72. The van der Waals surface area contributed by atoms with Gasteiger partial charge < -0.3 is 9.47 Å². The van der Waals surface area contributed by atoms with Gasteiger partial charge in [-0.1, -0.05) is 164 Å². The molecule has 0 atom stereocenters. The van der Waals surface area contributed by atoms with E-state index in [1.165, 1.54) is 91.8 Å². The summed E-state index contributed by atoms with van der Waals surface area (Å²) in [7, 11) is 0. The van der Waals surface area contributed by atoms with Crippen LogP contribution in [0.2, 0.25) is 0 Å². The summed E-state index contributed by atoms with van der Waals surface area (Å²) in [4.78, 5) is 2.44. The van der Waals surface area contributed by atoms with E-state index in [0.717, 1.165) is 17.1 Å². The van der Waals surface area contributed by atoms with Crippen molar-refractivity contribution in [3.05, 3.63) is 231 Å². The first kappa shape index (κ1) is 35.2. The van der Waals surface area contributed by atoms with E-state index >= 15 is 0 Å². The van der Waals surface area contributed by atoms with Crippen LogP contribution in [0.5, 0.6) is 0 Å². The lowest BCUT2D eigenvalue weighted by Crippen LogP contribution is -2.11. The molecule has 286 valence electrons. The minimum atomic E-state index is 1.10. The quantitative estimate of drug-likeness (QED) is 0.156. The Balaban J connectivity index is 0.983. The van der Waals surface area contributed by atoms with Gasteiger partial charge in [-0.2, -0.15) is 0 Å². The normalized spacial score (nSPS) is 11.6. The van der Waals surface area contributed by atoms with Crippen LogP contribution in [-0.4, -0.2) is 4.57 Å². The molecule has 0 saturated carbocycles.